The molecule has 1 aromatic carbocycles. The van der Waals surface area contributed by atoms with Crippen LogP contribution in [0.15, 0.2) is 18.2 Å². The number of carbonyl (C=O) groups excluding carboxylic acids is 1. The fourth-order valence-electron chi connectivity index (χ4n) is 5.48. The molecule has 118 valence electrons. The van der Waals surface area contributed by atoms with Crippen LogP contribution in [0.25, 0.3) is 0 Å². The van der Waals surface area contributed by atoms with E-state index in [4.69, 9.17) is 4.74 Å². The maximum absolute atomic E-state index is 12.7. The molecule has 2 fully saturated rings. The van der Waals surface area contributed by atoms with Crippen LogP contribution in [0.5, 0.6) is 5.75 Å². The van der Waals surface area contributed by atoms with Crippen LogP contribution in [0.3, 0.4) is 0 Å². The first-order valence-electron chi connectivity index (χ1n) is 8.44. The average Bonchev–Trinajstić information content (AvgIpc) is 2.83. The highest BCUT2D eigenvalue weighted by molar-refractivity contribution is 5.99. The average molecular weight is 300 g/mol. The zero-order chi connectivity index (χ0) is 15.5. The Hall–Kier alpha value is -1.35. The quantitative estimate of drug-likeness (QED) is 0.862. The highest BCUT2D eigenvalue weighted by Gasteiger charge is 2.55. The van der Waals surface area contributed by atoms with Crippen molar-refractivity contribution in [2.75, 3.05) is 7.11 Å². The number of hydrogen-bond donors (Lipinski definition) is 1. The molecule has 0 aromatic heterocycles. The van der Waals surface area contributed by atoms with Crippen molar-refractivity contribution in [3.8, 4) is 5.75 Å². The predicted molar refractivity (Wildman–Crippen MR) is 84.2 cm³/mol. The number of hydrogen-bond acceptors (Lipinski definition) is 3. The van der Waals surface area contributed by atoms with Gasteiger partial charge >= 0.3 is 0 Å². The smallest absolute Gasteiger partial charge is 0.163 e. The molecule has 1 N–H and O–H groups in total. The largest absolute Gasteiger partial charge is 0.497 e. The molecule has 4 rings (SSSR count). The van der Waals surface area contributed by atoms with Gasteiger partial charge in [-0.05, 0) is 66.5 Å². The lowest BCUT2D eigenvalue weighted by molar-refractivity contribution is -0.0208. The van der Waals surface area contributed by atoms with E-state index in [1.807, 2.05) is 12.1 Å². The van der Waals surface area contributed by atoms with Gasteiger partial charge in [0, 0.05) is 12.0 Å². The van der Waals surface area contributed by atoms with E-state index in [0.29, 0.717) is 24.2 Å². The van der Waals surface area contributed by atoms with Gasteiger partial charge in [0.05, 0.1) is 13.2 Å². The van der Waals surface area contributed by atoms with Crippen LogP contribution < -0.4 is 4.74 Å². The number of Topliss-reactive ketones (excluding diaryl/α,β-unsaturated/α-hetero) is 1. The molecule has 0 amide bonds. The fraction of sp³-hybridized carbons (Fsp3) is 0.632. The summed E-state index contributed by atoms with van der Waals surface area (Å²) in [6, 6.07) is 5.98. The van der Waals surface area contributed by atoms with E-state index < -0.39 is 0 Å². The molecule has 0 bridgehead atoms. The summed E-state index contributed by atoms with van der Waals surface area (Å²) >= 11 is 0. The second-order valence-corrected chi connectivity index (χ2v) is 7.59. The molecule has 3 aliphatic rings. The molecule has 0 radical (unpaired) electrons. The lowest BCUT2D eigenvalue weighted by Crippen LogP contribution is -2.44. The minimum atomic E-state index is -0.189. The first-order chi connectivity index (χ1) is 10.5. The summed E-state index contributed by atoms with van der Waals surface area (Å²) in [7, 11) is 1.64. The van der Waals surface area contributed by atoms with Gasteiger partial charge in [-0.25, -0.2) is 0 Å². The molecule has 5 atom stereocenters. The molecule has 1 aromatic rings. The van der Waals surface area contributed by atoms with E-state index in [0.717, 1.165) is 37.0 Å². The molecule has 5 unspecified atom stereocenters. The number of fused-ring (bicyclic) bond motifs is 5. The summed E-state index contributed by atoms with van der Waals surface area (Å²) in [5, 5.41) is 10.4. The van der Waals surface area contributed by atoms with Crippen LogP contribution in [0.1, 0.15) is 60.9 Å². The highest BCUT2D eigenvalue weighted by Crippen LogP contribution is 2.60. The molecule has 3 aliphatic carbocycles. The van der Waals surface area contributed by atoms with E-state index in [9.17, 15) is 9.90 Å². The molecular weight excluding hydrogens is 276 g/mol. The predicted octanol–water partition coefficient (Wildman–Crippen LogP) is 3.55. The zero-order valence-electron chi connectivity index (χ0n) is 13.3. The van der Waals surface area contributed by atoms with E-state index in [1.165, 1.54) is 5.56 Å². The molecule has 0 saturated heterocycles. The van der Waals surface area contributed by atoms with E-state index in [2.05, 4.69) is 13.0 Å². The third-order valence-corrected chi connectivity index (χ3v) is 6.77. The summed E-state index contributed by atoms with van der Waals surface area (Å²) in [5.74, 6) is 2.38. The summed E-state index contributed by atoms with van der Waals surface area (Å²) < 4.78 is 5.28. The Morgan fingerprint density at radius 1 is 1.27 bits per heavy atom. The summed E-state index contributed by atoms with van der Waals surface area (Å²) in [5.41, 5.74) is 2.10. The zero-order valence-corrected chi connectivity index (χ0v) is 13.3. The fourth-order valence-corrected chi connectivity index (χ4v) is 5.48. The number of aliphatic hydroxyl groups is 1. The lowest BCUT2D eigenvalue weighted by atomic mass is 9.55. The molecular formula is C19H24O3. The van der Waals surface area contributed by atoms with Gasteiger partial charge in [-0.15, -0.1) is 0 Å². The number of rotatable bonds is 1. The van der Waals surface area contributed by atoms with Crippen LogP contribution in [0.2, 0.25) is 0 Å². The molecule has 2 saturated carbocycles. The van der Waals surface area contributed by atoms with Crippen molar-refractivity contribution in [1.82, 2.24) is 0 Å². The summed E-state index contributed by atoms with van der Waals surface area (Å²) in [4.78, 5) is 12.7. The van der Waals surface area contributed by atoms with Crippen LogP contribution in [0.4, 0.5) is 0 Å². The first-order valence-corrected chi connectivity index (χ1v) is 8.44. The molecule has 22 heavy (non-hydrogen) atoms. The number of aliphatic hydroxyl groups excluding tert-OH is 1. The van der Waals surface area contributed by atoms with Gasteiger partial charge in [0.15, 0.2) is 5.78 Å². The molecule has 0 aliphatic heterocycles. The lowest BCUT2D eigenvalue weighted by Gasteiger charge is -2.49. The molecule has 3 nitrogen and oxygen atoms in total. The number of carbonyl (C=O) groups is 1. The van der Waals surface area contributed by atoms with Crippen molar-refractivity contribution < 1.29 is 14.6 Å². The van der Waals surface area contributed by atoms with Crippen molar-refractivity contribution in [2.24, 2.45) is 17.3 Å². The number of ketones is 1. The van der Waals surface area contributed by atoms with Gasteiger partial charge in [0.2, 0.25) is 0 Å². The Labute approximate surface area is 131 Å². The Morgan fingerprint density at radius 3 is 2.86 bits per heavy atom. The van der Waals surface area contributed by atoms with Gasteiger partial charge in [-0.3, -0.25) is 4.79 Å². The molecule has 0 spiro atoms. The van der Waals surface area contributed by atoms with Gasteiger partial charge in [0.1, 0.15) is 5.75 Å². The first kappa shape index (κ1) is 14.3. The van der Waals surface area contributed by atoms with Crippen LogP contribution >= 0.6 is 0 Å². The SMILES string of the molecule is COc1ccc2c(c1)C(=O)CC1C2CCC2(C)C(O)CCC12. The standard InChI is InChI=1S/C19H24O3/c1-19-8-7-13-12-4-3-11(22-2)9-15(12)17(20)10-14(13)16(19)5-6-18(19)21/h3-4,9,13-14,16,18,21H,5-8,10H2,1-2H3. The normalized spacial score (nSPS) is 39.9. The van der Waals surface area contributed by atoms with E-state index >= 15 is 0 Å². The third-order valence-electron chi connectivity index (χ3n) is 6.77. The number of methoxy groups -OCH3 is 1. The van der Waals surface area contributed by atoms with Crippen LogP contribution in [-0.4, -0.2) is 24.1 Å². The number of benzene rings is 1. The van der Waals surface area contributed by atoms with Crippen LogP contribution in [-0.2, 0) is 0 Å². The van der Waals surface area contributed by atoms with Gasteiger partial charge in [-0.2, -0.15) is 0 Å². The van der Waals surface area contributed by atoms with Crippen molar-refractivity contribution in [3.05, 3.63) is 29.3 Å². The Bertz CT molecular complexity index is 623. The van der Waals surface area contributed by atoms with Gasteiger partial charge < -0.3 is 9.84 Å². The summed E-state index contributed by atoms with van der Waals surface area (Å²) in [6.07, 6.45) is 4.57. The minimum Gasteiger partial charge on any atom is -0.497 e. The highest BCUT2D eigenvalue weighted by atomic mass is 16.5. The summed E-state index contributed by atoms with van der Waals surface area (Å²) in [6.45, 7) is 2.24. The molecule has 3 heteroatoms. The maximum Gasteiger partial charge on any atom is 0.163 e. The van der Waals surface area contributed by atoms with Gasteiger partial charge in [0.25, 0.3) is 0 Å². The van der Waals surface area contributed by atoms with Crippen molar-refractivity contribution in [1.29, 1.82) is 0 Å². The Balaban J connectivity index is 1.75. The van der Waals surface area contributed by atoms with Crippen LogP contribution in [0, 0.1) is 17.3 Å². The Morgan fingerprint density at radius 2 is 2.09 bits per heavy atom. The van der Waals surface area contributed by atoms with E-state index in [-0.39, 0.29) is 17.3 Å². The topological polar surface area (TPSA) is 46.5 Å². The maximum atomic E-state index is 12.7. The monoisotopic (exact) mass is 300 g/mol. The van der Waals surface area contributed by atoms with Crippen molar-refractivity contribution >= 4 is 5.78 Å². The van der Waals surface area contributed by atoms with Crippen molar-refractivity contribution in [2.45, 2.75) is 51.0 Å². The minimum absolute atomic E-state index is 0.0193. The molecule has 0 heterocycles. The number of ether oxygens (including phenoxy) is 1. The van der Waals surface area contributed by atoms with Gasteiger partial charge in [-0.1, -0.05) is 13.0 Å². The third kappa shape index (κ3) is 1.81. The Kier molecular flexibility index (Phi) is 3.12. The van der Waals surface area contributed by atoms with Crippen molar-refractivity contribution in [3.63, 3.8) is 0 Å². The second-order valence-electron chi connectivity index (χ2n) is 7.59. The second kappa shape index (κ2) is 4.82. The van der Waals surface area contributed by atoms with E-state index in [1.54, 1.807) is 7.11 Å².